The number of carbonyl (C=O) groups excluding carboxylic acids is 1. The third kappa shape index (κ3) is 5.11. The van der Waals surface area contributed by atoms with Crippen LogP contribution in [0.25, 0.3) is 0 Å². The molecule has 1 atom stereocenters. The number of aryl methyl sites for hydroxylation is 1. The van der Waals surface area contributed by atoms with Crippen molar-refractivity contribution in [3.05, 3.63) is 47.3 Å². The van der Waals surface area contributed by atoms with Crippen molar-refractivity contribution in [2.24, 2.45) is 13.0 Å². The Labute approximate surface area is 183 Å². The summed E-state index contributed by atoms with van der Waals surface area (Å²) < 4.78 is 84.4. The van der Waals surface area contributed by atoms with Gasteiger partial charge in [-0.1, -0.05) is 6.92 Å². The number of nitrogens with zero attached hydrogens (tertiary/aromatic N) is 2. The van der Waals surface area contributed by atoms with Gasteiger partial charge in [0.2, 0.25) is 15.9 Å². The molecule has 1 heterocycles. The SMILES string of the molecule is CC(C(C)(F)F)C(C)(C)NS(=O)(=O)c1cn(C)c(C(=O)Nc2ccc(F)c(C#N)c2)c1F. The second-order valence-electron chi connectivity index (χ2n) is 8.03. The van der Waals surface area contributed by atoms with E-state index in [1.807, 2.05) is 0 Å². The highest BCUT2D eigenvalue weighted by molar-refractivity contribution is 7.89. The molecule has 0 fully saturated rings. The highest BCUT2D eigenvalue weighted by Crippen LogP contribution is 2.34. The molecular weight excluding hydrogens is 452 g/mol. The quantitative estimate of drug-likeness (QED) is 0.596. The summed E-state index contributed by atoms with van der Waals surface area (Å²) in [4.78, 5) is 11.6. The standard InChI is InChI=1S/C20H22F4N4O3S/c1-11(20(4,23)24)19(2,3)27-32(30,31)15-10-28(5)17(16(15)22)18(29)26-13-6-7-14(21)12(8-13)9-25/h6-8,10-11,27H,1-5H3,(H,26,29). The molecule has 1 aromatic carbocycles. The molecule has 174 valence electrons. The first-order valence-electron chi connectivity index (χ1n) is 9.29. The van der Waals surface area contributed by atoms with Crippen LogP contribution in [0.3, 0.4) is 0 Å². The van der Waals surface area contributed by atoms with Gasteiger partial charge in [-0.3, -0.25) is 4.79 Å². The number of amides is 1. The molecule has 0 saturated carbocycles. The predicted octanol–water partition coefficient (Wildman–Crippen LogP) is 3.78. The van der Waals surface area contributed by atoms with Crippen LogP contribution in [0.2, 0.25) is 0 Å². The molecule has 7 nitrogen and oxygen atoms in total. The Morgan fingerprint density at radius 1 is 1.22 bits per heavy atom. The van der Waals surface area contributed by atoms with Crippen LogP contribution in [0.5, 0.6) is 0 Å². The van der Waals surface area contributed by atoms with Gasteiger partial charge in [-0.2, -0.15) is 5.26 Å². The van der Waals surface area contributed by atoms with Gasteiger partial charge in [0.15, 0.2) is 5.82 Å². The summed E-state index contributed by atoms with van der Waals surface area (Å²) in [5.74, 6) is -7.93. The number of halogens is 4. The van der Waals surface area contributed by atoms with Gasteiger partial charge in [-0.15, -0.1) is 0 Å². The van der Waals surface area contributed by atoms with E-state index in [1.54, 1.807) is 6.07 Å². The van der Waals surface area contributed by atoms with E-state index in [2.05, 4.69) is 10.0 Å². The summed E-state index contributed by atoms with van der Waals surface area (Å²) in [5, 5.41) is 11.1. The minimum absolute atomic E-state index is 0.0174. The van der Waals surface area contributed by atoms with E-state index < -0.39 is 55.5 Å². The first-order chi connectivity index (χ1) is 14.5. The van der Waals surface area contributed by atoms with Gasteiger partial charge in [0.1, 0.15) is 22.5 Å². The van der Waals surface area contributed by atoms with Gasteiger partial charge >= 0.3 is 0 Å². The van der Waals surface area contributed by atoms with E-state index in [-0.39, 0.29) is 11.3 Å². The molecule has 0 aliphatic carbocycles. The van der Waals surface area contributed by atoms with E-state index in [1.165, 1.54) is 20.9 Å². The van der Waals surface area contributed by atoms with Crippen LogP contribution >= 0.6 is 0 Å². The summed E-state index contributed by atoms with van der Waals surface area (Å²) in [5.41, 5.74) is -2.69. The van der Waals surface area contributed by atoms with E-state index in [0.29, 0.717) is 6.92 Å². The summed E-state index contributed by atoms with van der Waals surface area (Å²) in [7, 11) is -3.41. The maximum absolute atomic E-state index is 15.0. The lowest BCUT2D eigenvalue weighted by Crippen LogP contribution is -2.53. The van der Waals surface area contributed by atoms with Gasteiger partial charge in [-0.25, -0.2) is 30.7 Å². The summed E-state index contributed by atoms with van der Waals surface area (Å²) in [6, 6.07) is 4.69. The van der Waals surface area contributed by atoms with Gasteiger partial charge in [0.25, 0.3) is 5.91 Å². The van der Waals surface area contributed by atoms with Crippen molar-refractivity contribution in [3.63, 3.8) is 0 Å². The number of hydrogen-bond donors (Lipinski definition) is 2. The molecule has 2 rings (SSSR count). The molecule has 32 heavy (non-hydrogen) atoms. The normalized spacial score (nSPS) is 13.5. The highest BCUT2D eigenvalue weighted by Gasteiger charge is 2.44. The molecule has 2 aromatic rings. The van der Waals surface area contributed by atoms with Crippen LogP contribution in [-0.4, -0.2) is 30.4 Å². The van der Waals surface area contributed by atoms with Crippen molar-refractivity contribution >= 4 is 21.6 Å². The monoisotopic (exact) mass is 474 g/mol. The number of nitriles is 1. The lowest BCUT2D eigenvalue weighted by atomic mass is 9.86. The molecule has 0 bridgehead atoms. The van der Waals surface area contributed by atoms with Gasteiger partial charge in [-0.05, 0) is 39.0 Å². The van der Waals surface area contributed by atoms with Crippen LogP contribution in [0, 0.1) is 28.9 Å². The van der Waals surface area contributed by atoms with Crippen molar-refractivity contribution in [1.29, 1.82) is 5.26 Å². The minimum Gasteiger partial charge on any atom is -0.343 e. The van der Waals surface area contributed by atoms with E-state index >= 15 is 4.39 Å². The van der Waals surface area contributed by atoms with Crippen LogP contribution in [0.1, 0.15) is 43.7 Å². The summed E-state index contributed by atoms with van der Waals surface area (Å²) in [6.07, 6.45) is 0.836. The third-order valence-electron chi connectivity index (χ3n) is 5.18. The van der Waals surface area contributed by atoms with Crippen LogP contribution < -0.4 is 10.0 Å². The fourth-order valence-electron chi connectivity index (χ4n) is 3.02. The highest BCUT2D eigenvalue weighted by atomic mass is 32.2. The fourth-order valence-corrected chi connectivity index (χ4v) is 4.63. The number of anilines is 1. The Bertz CT molecular complexity index is 1190. The number of nitrogens with one attached hydrogen (secondary N) is 2. The lowest BCUT2D eigenvalue weighted by Gasteiger charge is -2.35. The maximum Gasteiger partial charge on any atom is 0.275 e. The zero-order chi connectivity index (χ0) is 24.6. The molecule has 1 unspecified atom stereocenters. The first-order valence-corrected chi connectivity index (χ1v) is 10.8. The smallest absolute Gasteiger partial charge is 0.275 e. The molecule has 0 spiro atoms. The topological polar surface area (TPSA) is 104 Å². The largest absolute Gasteiger partial charge is 0.343 e. The Morgan fingerprint density at radius 2 is 1.81 bits per heavy atom. The summed E-state index contributed by atoms with van der Waals surface area (Å²) in [6.45, 7) is 4.28. The number of alkyl halides is 2. The van der Waals surface area contributed by atoms with E-state index in [9.17, 15) is 26.4 Å². The Hall–Kier alpha value is -2.91. The van der Waals surface area contributed by atoms with E-state index in [4.69, 9.17) is 5.26 Å². The van der Waals surface area contributed by atoms with Crippen LogP contribution in [0.15, 0.2) is 29.3 Å². The van der Waals surface area contributed by atoms with Gasteiger partial charge in [0.05, 0.1) is 5.56 Å². The second kappa shape index (κ2) is 8.55. The predicted molar refractivity (Wildman–Crippen MR) is 109 cm³/mol. The molecule has 12 heteroatoms. The zero-order valence-corrected chi connectivity index (χ0v) is 18.7. The van der Waals surface area contributed by atoms with E-state index in [0.717, 1.165) is 35.9 Å². The van der Waals surface area contributed by atoms with Crippen molar-refractivity contribution in [1.82, 2.24) is 9.29 Å². The van der Waals surface area contributed by atoms with Crippen molar-refractivity contribution in [2.45, 2.75) is 44.1 Å². The summed E-state index contributed by atoms with van der Waals surface area (Å²) >= 11 is 0. The first kappa shape index (κ1) is 25.4. The number of sulfonamides is 1. The van der Waals surface area contributed by atoms with Crippen LogP contribution in [-0.2, 0) is 17.1 Å². The number of hydrogen-bond acceptors (Lipinski definition) is 4. The van der Waals surface area contributed by atoms with Gasteiger partial charge in [0, 0.05) is 30.4 Å². The van der Waals surface area contributed by atoms with Gasteiger partial charge < -0.3 is 9.88 Å². The number of rotatable bonds is 7. The molecule has 2 N–H and O–H groups in total. The molecule has 0 radical (unpaired) electrons. The average molecular weight is 474 g/mol. The Balaban J connectivity index is 2.38. The average Bonchev–Trinajstić information content (AvgIpc) is 2.96. The minimum atomic E-state index is -4.63. The van der Waals surface area contributed by atoms with Crippen molar-refractivity contribution in [3.8, 4) is 6.07 Å². The number of carbonyl (C=O) groups is 1. The second-order valence-corrected chi connectivity index (χ2v) is 9.68. The molecule has 0 aliphatic heterocycles. The fraction of sp³-hybridized carbons (Fsp3) is 0.400. The Kier molecular flexibility index (Phi) is 6.78. The Morgan fingerprint density at radius 3 is 2.34 bits per heavy atom. The molecule has 0 aliphatic rings. The van der Waals surface area contributed by atoms with Crippen molar-refractivity contribution in [2.75, 3.05) is 5.32 Å². The maximum atomic E-state index is 15.0. The molecule has 1 amide bonds. The molecule has 1 aromatic heterocycles. The third-order valence-corrected chi connectivity index (χ3v) is 6.84. The van der Waals surface area contributed by atoms with Crippen LogP contribution in [0.4, 0.5) is 23.2 Å². The molecule has 0 saturated heterocycles. The number of aromatic nitrogens is 1. The lowest BCUT2D eigenvalue weighted by molar-refractivity contribution is -0.0589. The molecular formula is C20H22F4N4O3S. The number of benzene rings is 1. The van der Waals surface area contributed by atoms with Crippen molar-refractivity contribution < 1.29 is 30.8 Å². The zero-order valence-electron chi connectivity index (χ0n) is 17.9.